The van der Waals surface area contributed by atoms with Gasteiger partial charge in [0.05, 0.1) is 6.04 Å². The second kappa shape index (κ2) is 8.84. The third kappa shape index (κ3) is 5.53. The molecule has 2 aromatic rings. The number of halogens is 1. The molecule has 3 amide bonds. The lowest BCUT2D eigenvalue weighted by Gasteiger charge is -2.25. The van der Waals surface area contributed by atoms with Crippen molar-refractivity contribution in [3.05, 3.63) is 65.5 Å². The van der Waals surface area contributed by atoms with E-state index < -0.39 is 0 Å². The normalized spacial score (nSPS) is 14.4. The minimum absolute atomic E-state index is 0.0954. The maximum Gasteiger partial charge on any atom is 0.319 e. The van der Waals surface area contributed by atoms with Gasteiger partial charge in [0.1, 0.15) is 5.82 Å². The first-order valence-electron chi connectivity index (χ1n) is 9.30. The molecule has 1 unspecified atom stereocenters. The number of nitrogens with one attached hydrogen (secondary N) is 3. The van der Waals surface area contributed by atoms with Gasteiger partial charge in [-0.2, -0.15) is 0 Å². The zero-order valence-corrected chi connectivity index (χ0v) is 16.0. The Morgan fingerprint density at radius 2 is 1.86 bits per heavy atom. The van der Waals surface area contributed by atoms with Crippen LogP contribution in [0.15, 0.2) is 48.5 Å². The van der Waals surface area contributed by atoms with Crippen molar-refractivity contribution in [2.45, 2.75) is 24.9 Å². The van der Waals surface area contributed by atoms with Gasteiger partial charge in [0.2, 0.25) is 0 Å². The minimum atomic E-state index is -0.367. The first kappa shape index (κ1) is 19.8. The summed E-state index contributed by atoms with van der Waals surface area (Å²) >= 11 is 0. The van der Waals surface area contributed by atoms with Crippen molar-refractivity contribution in [1.82, 2.24) is 15.5 Å². The Morgan fingerprint density at radius 3 is 2.50 bits per heavy atom. The molecular formula is C21H25FN4O2. The molecule has 0 spiro atoms. The fourth-order valence-corrected chi connectivity index (χ4v) is 2.88. The summed E-state index contributed by atoms with van der Waals surface area (Å²) in [7, 11) is 3.80. The quantitative estimate of drug-likeness (QED) is 0.687. The highest BCUT2D eigenvalue weighted by atomic mass is 19.1. The third-order valence-electron chi connectivity index (χ3n) is 4.63. The highest BCUT2D eigenvalue weighted by Gasteiger charge is 2.23. The molecule has 3 N–H and O–H groups in total. The Labute approximate surface area is 164 Å². The Bertz CT molecular complexity index is 835. The largest absolute Gasteiger partial charge is 0.349 e. The number of anilines is 1. The predicted octanol–water partition coefficient (Wildman–Crippen LogP) is 3.14. The highest BCUT2D eigenvalue weighted by Crippen LogP contribution is 2.20. The molecule has 2 aromatic carbocycles. The van der Waals surface area contributed by atoms with E-state index in [-0.39, 0.29) is 29.8 Å². The summed E-state index contributed by atoms with van der Waals surface area (Å²) in [6.07, 6.45) is 2.04. The van der Waals surface area contributed by atoms with Gasteiger partial charge in [-0.05, 0) is 62.8 Å². The van der Waals surface area contributed by atoms with Crippen molar-refractivity contribution in [3.63, 3.8) is 0 Å². The van der Waals surface area contributed by atoms with Crippen molar-refractivity contribution in [2.75, 3.05) is 26.0 Å². The predicted molar refractivity (Wildman–Crippen MR) is 107 cm³/mol. The first-order chi connectivity index (χ1) is 13.4. The molecule has 6 nitrogen and oxygen atoms in total. The summed E-state index contributed by atoms with van der Waals surface area (Å²) in [5.74, 6) is -0.423. The van der Waals surface area contributed by atoms with Crippen LogP contribution in [0.25, 0.3) is 0 Å². The third-order valence-corrected chi connectivity index (χ3v) is 4.63. The van der Waals surface area contributed by atoms with Crippen LogP contribution in [0.4, 0.5) is 14.9 Å². The van der Waals surface area contributed by atoms with Crippen LogP contribution in [-0.4, -0.2) is 43.5 Å². The molecule has 0 radical (unpaired) electrons. The lowest BCUT2D eigenvalue weighted by molar-refractivity contribution is 0.0951. The van der Waals surface area contributed by atoms with Gasteiger partial charge < -0.3 is 20.9 Å². The van der Waals surface area contributed by atoms with E-state index in [2.05, 4.69) is 16.0 Å². The smallest absolute Gasteiger partial charge is 0.319 e. The molecule has 28 heavy (non-hydrogen) atoms. The van der Waals surface area contributed by atoms with E-state index in [1.165, 1.54) is 12.1 Å². The van der Waals surface area contributed by atoms with Crippen LogP contribution in [0.1, 0.15) is 34.8 Å². The molecule has 148 valence electrons. The SMILES string of the molecule is CN(C)C(CNC(=O)Nc1cccc(C(=O)NC2CC2)c1)c1ccc(F)cc1. The molecule has 1 saturated carbocycles. The Morgan fingerprint density at radius 1 is 1.14 bits per heavy atom. The molecule has 0 aliphatic heterocycles. The van der Waals surface area contributed by atoms with Crippen LogP contribution >= 0.6 is 0 Å². The van der Waals surface area contributed by atoms with Gasteiger partial charge in [-0.1, -0.05) is 18.2 Å². The van der Waals surface area contributed by atoms with E-state index >= 15 is 0 Å². The number of carbonyl (C=O) groups excluding carboxylic acids is 2. The second-order valence-electron chi connectivity index (χ2n) is 7.19. The topological polar surface area (TPSA) is 73.5 Å². The van der Waals surface area contributed by atoms with Gasteiger partial charge in [0, 0.05) is 23.8 Å². The second-order valence-corrected chi connectivity index (χ2v) is 7.19. The zero-order valence-electron chi connectivity index (χ0n) is 16.0. The molecular weight excluding hydrogens is 359 g/mol. The van der Waals surface area contributed by atoms with Crippen molar-refractivity contribution >= 4 is 17.6 Å². The van der Waals surface area contributed by atoms with Crippen molar-refractivity contribution in [1.29, 1.82) is 0 Å². The monoisotopic (exact) mass is 384 g/mol. The summed E-state index contributed by atoms with van der Waals surface area (Å²) in [6.45, 7) is 0.353. The average Bonchev–Trinajstić information content (AvgIpc) is 3.47. The summed E-state index contributed by atoms with van der Waals surface area (Å²) in [6, 6.07) is 12.9. The van der Waals surface area contributed by atoms with Crippen molar-refractivity contribution in [2.24, 2.45) is 0 Å². The van der Waals surface area contributed by atoms with Gasteiger partial charge in [-0.3, -0.25) is 4.79 Å². The van der Waals surface area contributed by atoms with Crippen molar-refractivity contribution < 1.29 is 14.0 Å². The number of carbonyl (C=O) groups is 2. The van der Waals surface area contributed by atoms with Crippen LogP contribution in [0.3, 0.4) is 0 Å². The standard InChI is InChI=1S/C21H25FN4O2/c1-26(2)19(14-6-8-16(22)9-7-14)13-23-21(28)25-18-5-3-4-15(12-18)20(27)24-17-10-11-17/h3-9,12,17,19H,10-11,13H2,1-2H3,(H,24,27)(H2,23,25,28). The lowest BCUT2D eigenvalue weighted by atomic mass is 10.1. The lowest BCUT2D eigenvalue weighted by Crippen LogP contribution is -2.37. The molecule has 3 rings (SSSR count). The van der Waals surface area contributed by atoms with E-state index in [1.807, 2.05) is 19.0 Å². The molecule has 1 atom stereocenters. The minimum Gasteiger partial charge on any atom is -0.349 e. The number of likely N-dealkylation sites (N-methyl/N-ethyl adjacent to an activating group) is 1. The zero-order chi connectivity index (χ0) is 20.1. The maximum absolute atomic E-state index is 13.1. The van der Waals surface area contributed by atoms with E-state index in [4.69, 9.17) is 0 Å². The van der Waals surface area contributed by atoms with Gasteiger partial charge in [0.25, 0.3) is 5.91 Å². The molecule has 1 aliphatic rings. The summed E-state index contributed by atoms with van der Waals surface area (Å²) in [5, 5.41) is 8.51. The Kier molecular flexibility index (Phi) is 6.26. The number of hydrogen-bond donors (Lipinski definition) is 3. The summed E-state index contributed by atoms with van der Waals surface area (Å²) in [4.78, 5) is 26.4. The van der Waals surface area contributed by atoms with E-state index in [9.17, 15) is 14.0 Å². The van der Waals surface area contributed by atoms with E-state index in [1.54, 1.807) is 36.4 Å². The molecule has 1 fully saturated rings. The Balaban J connectivity index is 1.57. The highest BCUT2D eigenvalue weighted by molar-refractivity contribution is 5.97. The van der Waals surface area contributed by atoms with Gasteiger partial charge in [-0.15, -0.1) is 0 Å². The van der Waals surface area contributed by atoms with Gasteiger partial charge in [0.15, 0.2) is 0 Å². The number of urea groups is 1. The van der Waals surface area contributed by atoms with E-state index in [0.29, 0.717) is 17.8 Å². The van der Waals surface area contributed by atoms with Crippen LogP contribution in [-0.2, 0) is 0 Å². The summed E-state index contributed by atoms with van der Waals surface area (Å²) < 4.78 is 13.1. The molecule has 0 heterocycles. The molecule has 0 aromatic heterocycles. The number of rotatable bonds is 7. The maximum atomic E-state index is 13.1. The van der Waals surface area contributed by atoms with Crippen LogP contribution in [0.2, 0.25) is 0 Å². The van der Waals surface area contributed by atoms with Crippen LogP contribution in [0.5, 0.6) is 0 Å². The van der Waals surface area contributed by atoms with Gasteiger partial charge in [-0.25, -0.2) is 9.18 Å². The molecule has 7 heteroatoms. The number of hydrogen-bond acceptors (Lipinski definition) is 3. The fourth-order valence-electron chi connectivity index (χ4n) is 2.88. The average molecular weight is 384 g/mol. The molecule has 1 aliphatic carbocycles. The van der Waals surface area contributed by atoms with Crippen molar-refractivity contribution in [3.8, 4) is 0 Å². The number of nitrogens with zero attached hydrogens (tertiary/aromatic N) is 1. The number of benzene rings is 2. The van der Waals surface area contributed by atoms with Crippen LogP contribution in [0, 0.1) is 5.82 Å². The van der Waals surface area contributed by atoms with E-state index in [0.717, 1.165) is 18.4 Å². The molecule has 0 saturated heterocycles. The fraction of sp³-hybridized carbons (Fsp3) is 0.333. The first-order valence-corrected chi connectivity index (χ1v) is 9.30. The molecule has 0 bridgehead atoms. The Hall–Kier alpha value is -2.93. The summed E-state index contributed by atoms with van der Waals surface area (Å²) in [5.41, 5.74) is 1.97. The number of amides is 3. The van der Waals surface area contributed by atoms with Gasteiger partial charge >= 0.3 is 6.03 Å². The van der Waals surface area contributed by atoms with Crippen LogP contribution < -0.4 is 16.0 Å².